The van der Waals surface area contributed by atoms with Crippen LogP contribution in [0.5, 0.6) is 0 Å². The van der Waals surface area contributed by atoms with Crippen molar-refractivity contribution in [2.24, 2.45) is 10.9 Å². The van der Waals surface area contributed by atoms with Gasteiger partial charge in [-0.25, -0.2) is 0 Å². The Hall–Kier alpha value is 0.310. The van der Waals surface area contributed by atoms with Gasteiger partial charge in [0, 0.05) is 24.4 Å². The van der Waals surface area contributed by atoms with Crippen molar-refractivity contribution in [2.45, 2.75) is 51.7 Å². The van der Waals surface area contributed by atoms with Crippen LogP contribution in [0.4, 0.5) is 0 Å². The molecule has 0 aromatic heterocycles. The third-order valence-electron chi connectivity index (χ3n) is 4.20. The number of hydrogen-bond donors (Lipinski definition) is 2. The fourth-order valence-electron chi connectivity index (χ4n) is 2.67. The molecule has 0 aromatic carbocycles. The van der Waals surface area contributed by atoms with Crippen molar-refractivity contribution in [2.75, 3.05) is 45.5 Å². The van der Waals surface area contributed by atoms with Gasteiger partial charge in [0.15, 0.2) is 5.96 Å². The second-order valence-electron chi connectivity index (χ2n) is 6.99. The number of guanidine groups is 1. The highest BCUT2D eigenvalue weighted by molar-refractivity contribution is 14.0. The first-order valence-electron chi connectivity index (χ1n) is 8.76. The van der Waals surface area contributed by atoms with Crippen molar-refractivity contribution in [1.29, 1.82) is 0 Å². The van der Waals surface area contributed by atoms with E-state index in [4.69, 9.17) is 4.99 Å². The lowest BCUT2D eigenvalue weighted by Gasteiger charge is -2.30. The van der Waals surface area contributed by atoms with Crippen molar-refractivity contribution in [3.8, 4) is 0 Å². The number of hydrogen-bond acceptors (Lipinski definition) is 3. The van der Waals surface area contributed by atoms with E-state index in [9.17, 15) is 0 Å². The van der Waals surface area contributed by atoms with Crippen molar-refractivity contribution in [3.05, 3.63) is 0 Å². The Morgan fingerprint density at radius 1 is 1.35 bits per heavy atom. The monoisotopic (exact) mass is 456 g/mol. The maximum absolute atomic E-state index is 4.71. The molecule has 0 bridgehead atoms. The van der Waals surface area contributed by atoms with Gasteiger partial charge in [0.25, 0.3) is 0 Å². The van der Waals surface area contributed by atoms with E-state index in [2.05, 4.69) is 49.5 Å². The number of likely N-dealkylation sites (tertiary alicyclic amines) is 1. The van der Waals surface area contributed by atoms with Gasteiger partial charge >= 0.3 is 0 Å². The summed E-state index contributed by atoms with van der Waals surface area (Å²) in [4.78, 5) is 7.32. The molecule has 1 rings (SSSR count). The largest absolute Gasteiger partial charge is 0.357 e. The lowest BCUT2D eigenvalue weighted by Crippen LogP contribution is -2.40. The summed E-state index contributed by atoms with van der Waals surface area (Å²) in [7, 11) is 0. The van der Waals surface area contributed by atoms with Crippen molar-refractivity contribution in [3.63, 3.8) is 0 Å². The van der Waals surface area contributed by atoms with E-state index in [1.165, 1.54) is 38.9 Å². The van der Waals surface area contributed by atoms with Crippen LogP contribution in [0, 0.1) is 5.92 Å². The summed E-state index contributed by atoms with van der Waals surface area (Å²) in [6.07, 6.45) is 6.10. The summed E-state index contributed by atoms with van der Waals surface area (Å²) < 4.78 is 0.201. The standard InChI is InChI=1S/C17H36N4S.HI/c1-6-18-16(20-14-17(3,4)22-5)19-10-8-12-21-11-7-9-15(2)13-21;/h15H,6-14H2,1-5H3,(H2,18,19,20);1H. The number of piperidine rings is 1. The molecule has 0 aromatic rings. The van der Waals surface area contributed by atoms with Crippen LogP contribution in [0.3, 0.4) is 0 Å². The van der Waals surface area contributed by atoms with Crippen LogP contribution in [0.15, 0.2) is 4.99 Å². The Morgan fingerprint density at radius 3 is 2.70 bits per heavy atom. The molecule has 1 fully saturated rings. The molecule has 1 saturated heterocycles. The Kier molecular flexibility index (Phi) is 12.8. The maximum atomic E-state index is 4.71. The minimum absolute atomic E-state index is 0. The van der Waals surface area contributed by atoms with E-state index < -0.39 is 0 Å². The van der Waals surface area contributed by atoms with Crippen LogP contribution >= 0.6 is 35.7 Å². The molecular formula is C17H37IN4S. The summed E-state index contributed by atoms with van der Waals surface area (Å²) in [6, 6.07) is 0. The van der Waals surface area contributed by atoms with E-state index in [0.717, 1.165) is 31.5 Å². The molecule has 1 heterocycles. The second kappa shape index (κ2) is 12.6. The Bertz CT molecular complexity index is 337. The molecule has 0 spiro atoms. The lowest BCUT2D eigenvalue weighted by atomic mass is 10.0. The predicted octanol–water partition coefficient (Wildman–Crippen LogP) is 3.42. The summed E-state index contributed by atoms with van der Waals surface area (Å²) >= 11 is 1.87. The van der Waals surface area contributed by atoms with Crippen LogP contribution in [-0.2, 0) is 0 Å². The molecule has 0 aliphatic carbocycles. The highest BCUT2D eigenvalue weighted by atomic mass is 127. The molecule has 0 amide bonds. The number of nitrogens with one attached hydrogen (secondary N) is 2. The van der Waals surface area contributed by atoms with Gasteiger partial charge in [-0.3, -0.25) is 4.99 Å². The van der Waals surface area contributed by atoms with E-state index in [1.54, 1.807) is 0 Å². The minimum atomic E-state index is 0. The molecule has 1 aliphatic heterocycles. The van der Waals surface area contributed by atoms with Crippen LogP contribution in [0.2, 0.25) is 0 Å². The highest BCUT2D eigenvalue weighted by Gasteiger charge is 2.16. The molecule has 1 aliphatic rings. The quantitative estimate of drug-likeness (QED) is 0.254. The average Bonchev–Trinajstić information content (AvgIpc) is 2.49. The van der Waals surface area contributed by atoms with Gasteiger partial charge < -0.3 is 15.5 Å². The molecule has 2 N–H and O–H groups in total. The average molecular weight is 456 g/mol. The zero-order chi connectivity index (χ0) is 16.4. The van der Waals surface area contributed by atoms with Gasteiger partial charge in [0.1, 0.15) is 0 Å². The van der Waals surface area contributed by atoms with E-state index >= 15 is 0 Å². The molecule has 0 saturated carbocycles. The van der Waals surface area contributed by atoms with E-state index in [0.29, 0.717) is 0 Å². The van der Waals surface area contributed by atoms with Gasteiger partial charge in [0.2, 0.25) is 0 Å². The third-order valence-corrected chi connectivity index (χ3v) is 5.43. The first-order valence-corrected chi connectivity index (χ1v) is 9.99. The molecule has 1 unspecified atom stereocenters. The maximum Gasteiger partial charge on any atom is 0.191 e. The Morgan fingerprint density at radius 2 is 2.09 bits per heavy atom. The van der Waals surface area contributed by atoms with E-state index in [1.807, 2.05) is 11.8 Å². The molecule has 4 nitrogen and oxygen atoms in total. The van der Waals surface area contributed by atoms with Gasteiger partial charge in [-0.15, -0.1) is 24.0 Å². The topological polar surface area (TPSA) is 39.7 Å². The summed E-state index contributed by atoms with van der Waals surface area (Å²) in [6.45, 7) is 15.5. The number of nitrogens with zero attached hydrogens (tertiary/aromatic N) is 2. The number of aliphatic imine (C=N–C) groups is 1. The second-order valence-corrected chi connectivity index (χ2v) is 8.50. The van der Waals surface area contributed by atoms with E-state index in [-0.39, 0.29) is 28.7 Å². The number of rotatable bonds is 8. The summed E-state index contributed by atoms with van der Waals surface area (Å²) in [5.41, 5.74) is 0. The van der Waals surface area contributed by atoms with Gasteiger partial charge in [-0.1, -0.05) is 6.92 Å². The van der Waals surface area contributed by atoms with Crippen molar-refractivity contribution in [1.82, 2.24) is 15.5 Å². The summed E-state index contributed by atoms with van der Waals surface area (Å²) in [5.74, 6) is 1.83. The van der Waals surface area contributed by atoms with Crippen molar-refractivity contribution >= 4 is 41.7 Å². The SMILES string of the molecule is CCNC(=NCC(C)(C)SC)NCCCN1CCCC(C)C1.I. The minimum Gasteiger partial charge on any atom is -0.357 e. The van der Waals surface area contributed by atoms with Crippen LogP contribution in [0.25, 0.3) is 0 Å². The molecule has 6 heteroatoms. The number of halogens is 1. The van der Waals surface area contributed by atoms with Gasteiger partial charge in [-0.05, 0) is 65.3 Å². The lowest BCUT2D eigenvalue weighted by molar-refractivity contribution is 0.182. The molecule has 23 heavy (non-hydrogen) atoms. The Labute approximate surface area is 165 Å². The Balaban J connectivity index is 0.00000484. The zero-order valence-electron chi connectivity index (χ0n) is 15.7. The van der Waals surface area contributed by atoms with Crippen LogP contribution < -0.4 is 10.6 Å². The molecule has 0 radical (unpaired) electrons. The summed E-state index contributed by atoms with van der Waals surface area (Å²) in [5, 5.41) is 6.81. The smallest absolute Gasteiger partial charge is 0.191 e. The van der Waals surface area contributed by atoms with Crippen molar-refractivity contribution < 1.29 is 0 Å². The predicted molar refractivity (Wildman–Crippen MR) is 116 cm³/mol. The van der Waals surface area contributed by atoms with Gasteiger partial charge in [0.05, 0.1) is 6.54 Å². The fraction of sp³-hybridized carbons (Fsp3) is 0.941. The third kappa shape index (κ3) is 10.7. The molecule has 1 atom stereocenters. The fourth-order valence-corrected chi connectivity index (χ4v) is 2.87. The molecular weight excluding hydrogens is 419 g/mol. The first kappa shape index (κ1) is 23.3. The molecule has 138 valence electrons. The van der Waals surface area contributed by atoms with Crippen LogP contribution in [-0.4, -0.2) is 61.1 Å². The first-order chi connectivity index (χ1) is 10.5. The normalized spacial score (nSPS) is 20.0. The van der Waals surface area contributed by atoms with Gasteiger partial charge in [-0.2, -0.15) is 11.8 Å². The highest BCUT2D eigenvalue weighted by Crippen LogP contribution is 2.20. The number of thioether (sulfide) groups is 1. The van der Waals surface area contributed by atoms with Crippen LogP contribution in [0.1, 0.15) is 47.0 Å². The zero-order valence-corrected chi connectivity index (χ0v) is 18.8.